The van der Waals surface area contributed by atoms with Crippen molar-refractivity contribution in [3.63, 3.8) is 0 Å². The van der Waals surface area contributed by atoms with Gasteiger partial charge in [-0.2, -0.15) is 10.2 Å². The molecule has 1 aliphatic heterocycles. The number of aryl methyl sites for hydroxylation is 1. The highest BCUT2D eigenvalue weighted by Gasteiger charge is 2.28. The van der Waals surface area contributed by atoms with Gasteiger partial charge >= 0.3 is 0 Å². The smallest absolute Gasteiger partial charge is 0.225 e. The predicted octanol–water partition coefficient (Wildman–Crippen LogP) is 2.06. The van der Waals surface area contributed by atoms with Crippen molar-refractivity contribution in [2.24, 2.45) is 7.05 Å². The molecule has 0 spiro atoms. The SMILES string of the molecule is C[n+]1cc(-c2cc3c(N4CCN(c5ncc([C@](C)(O)c6ccc(F)cc6)cn5)CC4)ncnn3c2)c[nH]1. The summed E-state index contributed by atoms with van der Waals surface area (Å²) in [5, 5.41) is 18.6. The minimum atomic E-state index is -1.32. The van der Waals surface area contributed by atoms with Crippen LogP contribution in [0.15, 0.2) is 67.6 Å². The van der Waals surface area contributed by atoms with E-state index in [4.69, 9.17) is 0 Å². The first-order chi connectivity index (χ1) is 17.9. The van der Waals surface area contributed by atoms with Crippen LogP contribution in [-0.2, 0) is 12.6 Å². The summed E-state index contributed by atoms with van der Waals surface area (Å²) in [4.78, 5) is 18.0. The van der Waals surface area contributed by atoms with Crippen molar-refractivity contribution in [2.45, 2.75) is 12.5 Å². The number of fused-ring (bicyclic) bond motifs is 1. The summed E-state index contributed by atoms with van der Waals surface area (Å²) in [5.74, 6) is 1.16. The summed E-state index contributed by atoms with van der Waals surface area (Å²) in [7, 11) is 1.95. The molecule has 0 aliphatic carbocycles. The average molecular weight is 501 g/mol. The molecule has 5 aromatic rings. The standard InChI is InChI=1S/C26H26FN9O/c1-26(37,20-3-5-22(27)6-4-20)21-13-28-25(29-14-21)35-9-7-34(8-10-35)24-23-11-18(16-36(23)32-17-30-24)19-12-31-33(2)15-19/h3-6,11-17,37H,7-10H2,1-2H3/p+1/t26-/m1/s1. The molecule has 0 bridgehead atoms. The third kappa shape index (κ3) is 4.27. The Hall–Kier alpha value is -4.38. The number of aromatic amines is 1. The topological polar surface area (TPSA) is 102 Å². The van der Waals surface area contributed by atoms with Crippen LogP contribution in [0, 0.1) is 5.82 Å². The van der Waals surface area contributed by atoms with Crippen LogP contribution >= 0.6 is 0 Å². The number of nitrogens with zero attached hydrogens (tertiary/aromatic N) is 8. The highest BCUT2D eigenvalue weighted by Crippen LogP contribution is 2.30. The number of rotatable bonds is 5. The predicted molar refractivity (Wildman–Crippen MR) is 135 cm³/mol. The lowest BCUT2D eigenvalue weighted by Crippen LogP contribution is -2.47. The number of hydrogen-bond donors (Lipinski definition) is 2. The molecule has 5 heterocycles. The van der Waals surface area contributed by atoms with Crippen molar-refractivity contribution in [3.05, 3.63) is 84.6 Å². The molecule has 1 saturated heterocycles. The second-order valence-corrected chi connectivity index (χ2v) is 9.44. The maximum atomic E-state index is 13.3. The fourth-order valence-corrected chi connectivity index (χ4v) is 4.73. The number of benzene rings is 1. The first-order valence-electron chi connectivity index (χ1n) is 12.1. The molecule has 1 atom stereocenters. The molecule has 0 amide bonds. The molecular weight excluding hydrogens is 473 g/mol. The van der Waals surface area contributed by atoms with E-state index in [0.29, 0.717) is 17.1 Å². The van der Waals surface area contributed by atoms with E-state index < -0.39 is 5.60 Å². The van der Waals surface area contributed by atoms with E-state index >= 15 is 0 Å². The number of nitrogens with one attached hydrogen (secondary N) is 1. The van der Waals surface area contributed by atoms with Crippen molar-refractivity contribution in [1.29, 1.82) is 0 Å². The van der Waals surface area contributed by atoms with Crippen LogP contribution in [0.1, 0.15) is 18.1 Å². The second-order valence-electron chi connectivity index (χ2n) is 9.44. The van der Waals surface area contributed by atoms with Crippen molar-refractivity contribution in [3.8, 4) is 11.1 Å². The summed E-state index contributed by atoms with van der Waals surface area (Å²) in [6.45, 7) is 4.62. The van der Waals surface area contributed by atoms with Gasteiger partial charge in [0.15, 0.2) is 12.9 Å². The van der Waals surface area contributed by atoms with Crippen molar-refractivity contribution in [1.82, 2.24) is 29.7 Å². The highest BCUT2D eigenvalue weighted by atomic mass is 19.1. The molecule has 2 N–H and O–H groups in total. The normalized spacial score (nSPS) is 15.8. The Morgan fingerprint density at radius 3 is 2.35 bits per heavy atom. The number of anilines is 2. The Morgan fingerprint density at radius 1 is 0.973 bits per heavy atom. The summed E-state index contributed by atoms with van der Waals surface area (Å²) in [5.41, 5.74) is 2.92. The van der Waals surface area contributed by atoms with Gasteiger partial charge in [-0.15, -0.1) is 4.68 Å². The molecule has 10 nitrogen and oxygen atoms in total. The quantitative estimate of drug-likeness (QED) is 0.356. The lowest BCUT2D eigenvalue weighted by molar-refractivity contribution is -0.726. The average Bonchev–Trinajstić information content (AvgIpc) is 3.55. The van der Waals surface area contributed by atoms with E-state index in [0.717, 1.165) is 48.6 Å². The van der Waals surface area contributed by atoms with Crippen molar-refractivity contribution in [2.75, 3.05) is 36.0 Å². The largest absolute Gasteiger partial charge is 0.381 e. The van der Waals surface area contributed by atoms with Gasteiger partial charge in [-0.05, 0) is 30.7 Å². The van der Waals surface area contributed by atoms with Gasteiger partial charge in [0.05, 0.1) is 11.8 Å². The van der Waals surface area contributed by atoms with Crippen LogP contribution in [0.3, 0.4) is 0 Å². The zero-order chi connectivity index (χ0) is 25.6. The van der Waals surface area contributed by atoms with Gasteiger partial charge in [-0.1, -0.05) is 12.1 Å². The number of H-pyrrole nitrogens is 1. The van der Waals surface area contributed by atoms with E-state index in [1.807, 2.05) is 34.8 Å². The van der Waals surface area contributed by atoms with Crippen molar-refractivity contribution < 1.29 is 14.2 Å². The van der Waals surface area contributed by atoms with Crippen LogP contribution in [0.2, 0.25) is 0 Å². The first-order valence-corrected chi connectivity index (χ1v) is 12.1. The molecular formula is C26H27FN9O+. The van der Waals surface area contributed by atoms with E-state index in [2.05, 4.69) is 41.0 Å². The van der Waals surface area contributed by atoms with Gasteiger partial charge in [0.2, 0.25) is 12.1 Å². The van der Waals surface area contributed by atoms with Crippen molar-refractivity contribution >= 4 is 17.3 Å². The van der Waals surface area contributed by atoms with E-state index in [1.54, 1.807) is 37.8 Å². The lowest BCUT2D eigenvalue weighted by Gasteiger charge is -2.35. The van der Waals surface area contributed by atoms with Gasteiger partial charge < -0.3 is 14.9 Å². The Balaban J connectivity index is 1.17. The van der Waals surface area contributed by atoms with Crippen LogP contribution in [0.25, 0.3) is 16.6 Å². The van der Waals surface area contributed by atoms with Crippen LogP contribution < -0.4 is 14.5 Å². The molecule has 0 saturated carbocycles. The fraction of sp³-hybridized carbons (Fsp3) is 0.269. The van der Waals surface area contributed by atoms with E-state index in [-0.39, 0.29) is 5.82 Å². The fourth-order valence-electron chi connectivity index (χ4n) is 4.73. The van der Waals surface area contributed by atoms with Gasteiger partial charge in [0.1, 0.15) is 23.3 Å². The second kappa shape index (κ2) is 8.93. The Labute approximate surface area is 212 Å². The molecule has 4 aromatic heterocycles. The summed E-state index contributed by atoms with van der Waals surface area (Å²) < 4.78 is 17.1. The summed E-state index contributed by atoms with van der Waals surface area (Å²) in [6.07, 6.45) is 10.9. The summed E-state index contributed by atoms with van der Waals surface area (Å²) >= 11 is 0. The number of hydrogen-bond acceptors (Lipinski definition) is 7. The van der Waals surface area contributed by atoms with Gasteiger partial charge in [-0.25, -0.2) is 23.9 Å². The molecule has 1 fully saturated rings. The number of aromatic nitrogens is 7. The molecule has 188 valence electrons. The number of aliphatic hydroxyl groups is 1. The molecule has 1 aliphatic rings. The third-order valence-corrected chi connectivity index (χ3v) is 6.94. The molecule has 6 rings (SSSR count). The van der Waals surface area contributed by atoms with Crippen LogP contribution in [0.4, 0.5) is 16.2 Å². The molecule has 11 heteroatoms. The Bertz CT molecular complexity index is 1530. The monoisotopic (exact) mass is 500 g/mol. The van der Waals surface area contributed by atoms with Gasteiger partial charge in [0, 0.05) is 55.9 Å². The number of halogens is 1. The first kappa shape index (κ1) is 23.0. The number of piperazine rings is 1. The Morgan fingerprint density at radius 2 is 1.68 bits per heavy atom. The zero-order valence-corrected chi connectivity index (χ0v) is 20.6. The maximum absolute atomic E-state index is 13.3. The van der Waals surface area contributed by atoms with Crippen LogP contribution in [-0.4, -0.2) is 61.0 Å². The molecule has 37 heavy (non-hydrogen) atoms. The summed E-state index contributed by atoms with van der Waals surface area (Å²) in [6, 6.07) is 7.91. The zero-order valence-electron chi connectivity index (χ0n) is 20.6. The molecule has 1 aromatic carbocycles. The molecule has 0 radical (unpaired) electrons. The van der Waals surface area contributed by atoms with E-state index in [9.17, 15) is 9.50 Å². The molecule has 0 unspecified atom stereocenters. The lowest BCUT2D eigenvalue weighted by atomic mass is 9.90. The maximum Gasteiger partial charge on any atom is 0.225 e. The Kier molecular flexibility index (Phi) is 5.56. The third-order valence-electron chi connectivity index (χ3n) is 6.94. The van der Waals surface area contributed by atoms with Gasteiger partial charge in [0.25, 0.3) is 0 Å². The highest BCUT2D eigenvalue weighted by molar-refractivity contribution is 5.77. The minimum absolute atomic E-state index is 0.347. The van der Waals surface area contributed by atoms with Gasteiger partial charge in [-0.3, -0.25) is 0 Å². The van der Waals surface area contributed by atoms with E-state index in [1.165, 1.54) is 12.1 Å². The minimum Gasteiger partial charge on any atom is -0.381 e. The van der Waals surface area contributed by atoms with Crippen LogP contribution in [0.5, 0.6) is 0 Å².